The number of hydrogen-bond donors (Lipinski definition) is 0. The van der Waals surface area contributed by atoms with Crippen molar-refractivity contribution in [1.82, 2.24) is 4.57 Å². The maximum absolute atomic E-state index is 11.1. The molecule has 25 heavy (non-hydrogen) atoms. The van der Waals surface area contributed by atoms with E-state index >= 15 is 0 Å². The zero-order chi connectivity index (χ0) is 19.1. The Balaban J connectivity index is 0.000000421. The Morgan fingerprint density at radius 1 is 1.08 bits per heavy atom. The first-order chi connectivity index (χ1) is 12.1. The molecule has 3 heteroatoms. The van der Waals surface area contributed by atoms with Crippen LogP contribution in [-0.2, 0) is 13.5 Å². The van der Waals surface area contributed by atoms with Gasteiger partial charge in [-0.1, -0.05) is 65.7 Å². The van der Waals surface area contributed by atoms with Crippen molar-refractivity contribution in [2.45, 2.75) is 53.9 Å². The third-order valence-corrected chi connectivity index (χ3v) is 3.68. The van der Waals surface area contributed by atoms with Crippen LogP contribution in [0.3, 0.4) is 0 Å². The smallest absolute Gasteiger partial charge is 0.250 e. The van der Waals surface area contributed by atoms with Gasteiger partial charge in [0.1, 0.15) is 5.75 Å². The Morgan fingerprint density at radius 2 is 1.72 bits per heavy atom. The third kappa shape index (κ3) is 10.4. The highest BCUT2D eigenvalue weighted by atomic mass is 16.5. The van der Waals surface area contributed by atoms with E-state index in [1.54, 1.807) is 17.7 Å². The van der Waals surface area contributed by atoms with Crippen molar-refractivity contribution in [2.75, 3.05) is 6.61 Å². The van der Waals surface area contributed by atoms with Gasteiger partial charge in [-0.05, 0) is 36.1 Å². The molecule has 1 aromatic carbocycles. The summed E-state index contributed by atoms with van der Waals surface area (Å²) in [7, 11) is 1.76. The van der Waals surface area contributed by atoms with Gasteiger partial charge in [-0.2, -0.15) is 0 Å². The second-order valence-corrected chi connectivity index (χ2v) is 5.87. The first-order valence-corrected chi connectivity index (χ1v) is 9.40. The molecule has 2 aromatic rings. The Morgan fingerprint density at radius 3 is 2.24 bits per heavy atom. The SMILES string of the molecule is CC.CCC(C)COc1ccccc1.CCCc1ccn(C)c(=O)c1. The molecule has 1 heterocycles. The van der Waals surface area contributed by atoms with Crippen LogP contribution in [0.4, 0.5) is 0 Å². The number of hydrogen-bond acceptors (Lipinski definition) is 2. The number of rotatable bonds is 6. The van der Waals surface area contributed by atoms with Crippen LogP contribution in [-0.4, -0.2) is 11.2 Å². The van der Waals surface area contributed by atoms with Crippen LogP contribution >= 0.6 is 0 Å². The van der Waals surface area contributed by atoms with Gasteiger partial charge in [0.05, 0.1) is 6.61 Å². The molecule has 1 unspecified atom stereocenters. The molecule has 2 rings (SSSR count). The molecule has 1 aromatic heterocycles. The molecule has 0 aliphatic carbocycles. The van der Waals surface area contributed by atoms with Gasteiger partial charge in [-0.25, -0.2) is 0 Å². The number of para-hydroxylation sites is 1. The van der Waals surface area contributed by atoms with Crippen molar-refractivity contribution in [2.24, 2.45) is 13.0 Å². The summed E-state index contributed by atoms with van der Waals surface area (Å²) < 4.78 is 7.14. The topological polar surface area (TPSA) is 31.2 Å². The lowest BCUT2D eigenvalue weighted by Crippen LogP contribution is -2.14. The van der Waals surface area contributed by atoms with Gasteiger partial charge in [0, 0.05) is 19.3 Å². The molecule has 0 aliphatic rings. The van der Waals surface area contributed by atoms with Crippen LogP contribution in [0.5, 0.6) is 5.75 Å². The zero-order valence-corrected chi connectivity index (χ0v) is 16.8. The van der Waals surface area contributed by atoms with Gasteiger partial charge in [-0.3, -0.25) is 4.79 Å². The summed E-state index contributed by atoms with van der Waals surface area (Å²) in [5.74, 6) is 1.61. The Hall–Kier alpha value is -2.03. The van der Waals surface area contributed by atoms with E-state index in [0.717, 1.165) is 30.8 Å². The molecule has 0 fully saturated rings. The van der Waals surface area contributed by atoms with Crippen LogP contribution in [0.1, 0.15) is 53.0 Å². The highest BCUT2D eigenvalue weighted by Crippen LogP contribution is 2.10. The molecule has 0 saturated heterocycles. The molecule has 0 N–H and O–H groups in total. The van der Waals surface area contributed by atoms with Crippen molar-refractivity contribution in [3.8, 4) is 5.75 Å². The van der Waals surface area contributed by atoms with E-state index in [1.165, 1.54) is 6.42 Å². The fourth-order valence-electron chi connectivity index (χ4n) is 1.91. The lowest BCUT2D eigenvalue weighted by Gasteiger charge is -2.10. The van der Waals surface area contributed by atoms with Crippen molar-refractivity contribution in [1.29, 1.82) is 0 Å². The van der Waals surface area contributed by atoms with Gasteiger partial charge in [0.2, 0.25) is 0 Å². The van der Waals surface area contributed by atoms with Crippen LogP contribution < -0.4 is 10.3 Å². The number of pyridine rings is 1. The summed E-state index contributed by atoms with van der Waals surface area (Å²) in [6.45, 7) is 11.3. The maximum atomic E-state index is 11.1. The minimum absolute atomic E-state index is 0.0796. The monoisotopic (exact) mass is 345 g/mol. The average Bonchev–Trinajstić information content (AvgIpc) is 2.66. The van der Waals surface area contributed by atoms with E-state index in [-0.39, 0.29) is 5.56 Å². The number of aryl methyl sites for hydroxylation is 2. The summed E-state index contributed by atoms with van der Waals surface area (Å²) in [4.78, 5) is 11.1. The minimum atomic E-state index is 0.0796. The van der Waals surface area contributed by atoms with Gasteiger partial charge < -0.3 is 9.30 Å². The molecule has 0 bridgehead atoms. The highest BCUT2D eigenvalue weighted by molar-refractivity contribution is 5.20. The number of ether oxygens (including phenoxy) is 1. The highest BCUT2D eigenvalue weighted by Gasteiger charge is 1.98. The zero-order valence-electron chi connectivity index (χ0n) is 16.8. The van der Waals surface area contributed by atoms with Crippen molar-refractivity contribution in [3.63, 3.8) is 0 Å². The van der Waals surface area contributed by atoms with Crippen LogP contribution in [0.15, 0.2) is 53.5 Å². The third-order valence-electron chi connectivity index (χ3n) is 3.68. The molecule has 3 nitrogen and oxygen atoms in total. The van der Waals surface area contributed by atoms with Crippen LogP contribution in [0, 0.1) is 5.92 Å². The predicted molar refractivity (Wildman–Crippen MR) is 108 cm³/mol. The van der Waals surface area contributed by atoms with E-state index in [4.69, 9.17) is 4.74 Å². The molecule has 0 spiro atoms. The van der Waals surface area contributed by atoms with Gasteiger partial charge in [0.15, 0.2) is 0 Å². The average molecular weight is 346 g/mol. The molecule has 0 amide bonds. The summed E-state index contributed by atoms with van der Waals surface area (Å²) in [5, 5.41) is 0. The first-order valence-electron chi connectivity index (χ1n) is 9.40. The predicted octanol–water partition coefficient (Wildman–Crippen LogP) is 5.48. The fourth-order valence-corrected chi connectivity index (χ4v) is 1.91. The van der Waals surface area contributed by atoms with Crippen LogP contribution in [0.25, 0.3) is 0 Å². The minimum Gasteiger partial charge on any atom is -0.493 e. The molecule has 0 aliphatic heterocycles. The lowest BCUT2D eigenvalue weighted by atomic mass is 10.1. The van der Waals surface area contributed by atoms with E-state index in [2.05, 4.69) is 20.8 Å². The fraction of sp³-hybridized carbons (Fsp3) is 0.500. The summed E-state index contributed by atoms with van der Waals surface area (Å²) in [6, 6.07) is 13.6. The van der Waals surface area contributed by atoms with E-state index in [1.807, 2.05) is 56.4 Å². The molecular weight excluding hydrogens is 310 g/mol. The standard InChI is InChI=1S/C11H16O.C9H13NO.C2H6/c1-3-10(2)9-12-11-7-5-4-6-8-11;1-3-4-8-5-6-10(2)9(11)7-8;1-2/h4-8,10H,3,9H2,1-2H3;5-7H,3-4H2,1-2H3;1-2H3. The van der Waals surface area contributed by atoms with Crippen LogP contribution in [0.2, 0.25) is 0 Å². The molecule has 140 valence electrons. The normalized spacial score (nSPS) is 10.6. The van der Waals surface area contributed by atoms with Crippen molar-refractivity contribution < 1.29 is 4.74 Å². The Kier molecular flexibility index (Phi) is 13.2. The summed E-state index contributed by atoms with van der Waals surface area (Å²) >= 11 is 0. The molecule has 0 saturated carbocycles. The van der Waals surface area contributed by atoms with Gasteiger partial charge in [0.25, 0.3) is 5.56 Å². The second-order valence-electron chi connectivity index (χ2n) is 5.87. The van der Waals surface area contributed by atoms with Gasteiger partial charge >= 0.3 is 0 Å². The lowest BCUT2D eigenvalue weighted by molar-refractivity contribution is 0.256. The van der Waals surface area contributed by atoms with Gasteiger partial charge in [-0.15, -0.1) is 0 Å². The molecule has 1 atom stereocenters. The largest absolute Gasteiger partial charge is 0.493 e. The molecular formula is C22H35NO2. The number of nitrogens with zero attached hydrogens (tertiary/aromatic N) is 1. The first kappa shape index (κ1) is 23.0. The van der Waals surface area contributed by atoms with E-state index in [0.29, 0.717) is 5.92 Å². The second kappa shape index (κ2) is 14.3. The van der Waals surface area contributed by atoms with E-state index in [9.17, 15) is 4.79 Å². The Bertz CT molecular complexity index is 605. The number of aromatic nitrogens is 1. The summed E-state index contributed by atoms with van der Waals surface area (Å²) in [5.41, 5.74) is 1.21. The van der Waals surface area contributed by atoms with E-state index < -0.39 is 0 Å². The summed E-state index contributed by atoms with van der Waals surface area (Å²) in [6.07, 6.45) is 5.07. The number of benzene rings is 1. The quantitative estimate of drug-likeness (QED) is 0.694. The van der Waals surface area contributed by atoms with Crippen molar-refractivity contribution in [3.05, 3.63) is 64.6 Å². The molecule has 0 radical (unpaired) electrons. The maximum Gasteiger partial charge on any atom is 0.250 e. The Labute approximate surface area is 153 Å². The van der Waals surface area contributed by atoms with Crippen molar-refractivity contribution >= 4 is 0 Å².